The number of aryl methyl sites for hydroxylation is 1. The van der Waals surface area contributed by atoms with Crippen molar-refractivity contribution in [1.29, 1.82) is 0 Å². The van der Waals surface area contributed by atoms with E-state index in [9.17, 15) is 0 Å². The minimum atomic E-state index is -0.668. The third-order valence-electron chi connectivity index (χ3n) is 23.5. The Kier molecular flexibility index (Phi) is 14.7. The molecule has 4 nitrogen and oxygen atoms in total. The van der Waals surface area contributed by atoms with Crippen LogP contribution in [0.3, 0.4) is 0 Å². The second-order valence-electron chi connectivity index (χ2n) is 29.9. The number of nitrogens with zero attached hydrogens (tertiary/aromatic N) is 2. The van der Waals surface area contributed by atoms with Crippen LogP contribution in [-0.2, 0) is 22.7 Å². The van der Waals surface area contributed by atoms with Gasteiger partial charge in [-0.25, -0.2) is 0 Å². The Morgan fingerprint density at radius 3 is 1.24 bits per heavy atom. The molecule has 2 heterocycles. The highest BCUT2D eigenvalue weighted by Crippen LogP contribution is 2.62. The predicted molar refractivity (Wildman–Crippen MR) is 442 cm³/mol. The zero-order valence-electron chi connectivity index (χ0n) is 59.8. The molecule has 106 heavy (non-hydrogen) atoms. The number of hydrogen-bond donors (Lipinski definition) is 0. The molecule has 18 aromatic rings. The number of furan rings is 2. The lowest BCUT2D eigenvalue weighted by molar-refractivity contribution is 0.476. The molecule has 2 aliphatic rings. The first kappa shape index (κ1) is 63.0. The van der Waals surface area contributed by atoms with Gasteiger partial charge in [0.25, 0.3) is 0 Å². The van der Waals surface area contributed by atoms with Crippen molar-refractivity contribution in [2.45, 2.75) is 62.7 Å². The largest absolute Gasteiger partial charge is 0.454 e. The molecule has 0 N–H and O–H groups in total. The molecule has 4 heteroatoms. The van der Waals surface area contributed by atoms with Crippen LogP contribution in [0.2, 0.25) is 0 Å². The molecule has 0 atom stereocenters. The Labute approximate surface area is 618 Å². The van der Waals surface area contributed by atoms with E-state index in [-0.39, 0.29) is 5.41 Å². The Hall–Kier alpha value is -12.8. The van der Waals surface area contributed by atoms with Crippen LogP contribution in [0.1, 0.15) is 101 Å². The molecule has 0 saturated heterocycles. The number of fused-ring (bicyclic) bond motifs is 16. The van der Waals surface area contributed by atoms with Crippen molar-refractivity contribution >= 4 is 99.5 Å². The molecule has 0 radical (unpaired) electrons. The van der Waals surface area contributed by atoms with E-state index in [1.165, 1.54) is 105 Å². The maximum atomic E-state index is 7.56. The average Bonchev–Trinajstić information content (AvgIpc) is 1.52. The molecule has 2 aromatic heterocycles. The second kappa shape index (κ2) is 24.7. The SMILES string of the molecule is CC(C)c1cccc2c1oc1c(N(c3ccccc3)c3ccc4c(c3)C(c3ccccc3)(c3ccccc3)c3ccc5c(CCC(C)(C)c6cccc7c6oc6c(N(c8ccccc8)c8ccc9c(c8)C(c8ccccc8)(c8ccccc8)c8ccc%10ccccc%10c8-9)cccc67)cccc5c3-4)cccc12. The van der Waals surface area contributed by atoms with Crippen LogP contribution in [0.4, 0.5) is 34.1 Å². The molecular formula is C102H76N2O2. The first-order valence-corrected chi connectivity index (χ1v) is 37.4. The Morgan fingerprint density at radius 2 is 0.717 bits per heavy atom. The Morgan fingerprint density at radius 1 is 0.311 bits per heavy atom. The van der Waals surface area contributed by atoms with Crippen LogP contribution < -0.4 is 9.80 Å². The van der Waals surface area contributed by atoms with Crippen LogP contribution in [0.25, 0.3) is 87.7 Å². The lowest BCUT2D eigenvalue weighted by atomic mass is 9.67. The number of hydrogen-bond acceptors (Lipinski definition) is 4. The van der Waals surface area contributed by atoms with E-state index in [1.54, 1.807) is 0 Å². The summed E-state index contributed by atoms with van der Waals surface area (Å²) in [6.07, 6.45) is 1.73. The zero-order chi connectivity index (χ0) is 70.8. The van der Waals surface area contributed by atoms with Gasteiger partial charge in [0.2, 0.25) is 0 Å². The Balaban J connectivity index is 0.703. The summed E-state index contributed by atoms with van der Waals surface area (Å²) >= 11 is 0. The monoisotopic (exact) mass is 1360 g/mol. The fraction of sp³-hybridized carbons (Fsp3) is 0.0980. The van der Waals surface area contributed by atoms with Crippen LogP contribution in [-0.4, -0.2) is 0 Å². The predicted octanol–water partition coefficient (Wildman–Crippen LogP) is 27.5. The maximum Gasteiger partial charge on any atom is 0.159 e. The van der Waals surface area contributed by atoms with Crippen LogP contribution in [0.15, 0.2) is 367 Å². The quantitative estimate of drug-likeness (QED) is 0.102. The van der Waals surface area contributed by atoms with E-state index < -0.39 is 10.8 Å². The smallest absolute Gasteiger partial charge is 0.159 e. The van der Waals surface area contributed by atoms with Crippen LogP contribution in [0, 0.1) is 0 Å². The topological polar surface area (TPSA) is 32.8 Å². The van der Waals surface area contributed by atoms with Crippen molar-refractivity contribution in [2.75, 3.05) is 9.80 Å². The van der Waals surface area contributed by atoms with Gasteiger partial charge in [-0.2, -0.15) is 0 Å². The highest BCUT2D eigenvalue weighted by molar-refractivity contribution is 6.14. The van der Waals surface area contributed by atoms with Gasteiger partial charge in [-0.05, 0) is 184 Å². The van der Waals surface area contributed by atoms with Crippen molar-refractivity contribution in [2.24, 2.45) is 0 Å². The minimum absolute atomic E-state index is 0.299. The summed E-state index contributed by atoms with van der Waals surface area (Å²) in [6, 6.07) is 133. The third-order valence-corrected chi connectivity index (χ3v) is 23.5. The molecule has 0 spiro atoms. The molecule has 20 rings (SSSR count). The summed E-state index contributed by atoms with van der Waals surface area (Å²) in [5, 5.41) is 9.45. The van der Waals surface area contributed by atoms with E-state index in [2.05, 4.69) is 395 Å². The lowest BCUT2D eigenvalue weighted by Crippen LogP contribution is -2.28. The van der Waals surface area contributed by atoms with Gasteiger partial charge in [0.15, 0.2) is 11.2 Å². The normalized spacial score (nSPS) is 13.4. The molecule has 0 bridgehead atoms. The summed E-state index contributed by atoms with van der Waals surface area (Å²) in [6.45, 7) is 9.31. The standard InChI is InChI=1S/C102H76N2O2/c1-66(2)77-45-26-47-81-83-49-28-52-92(98(83)105-96(77)81)103(73-40-19-9-20-41-73)76-56-58-86-91(65-76)102(71-36-15-7-16-37-71,72-38-17-8-18-39-72)88-61-59-78-68(31-25-46-80(78)95(86)88)62-63-100(3,4)89-51-27-48-82-84-50-29-53-93(99(84)106-97(82)89)104(74-42-21-10-22-43-74)75-55-57-85-90(64-75)101(69-32-11-5-12-33-69,70-34-13-6-14-35-70)87-60-54-67-30-23-24-44-79(67)94(85)87/h5-61,64-66H,62-63H2,1-4H3. The highest BCUT2D eigenvalue weighted by atomic mass is 16.3. The zero-order valence-corrected chi connectivity index (χ0v) is 59.8. The van der Waals surface area contributed by atoms with Gasteiger partial charge in [-0.15, -0.1) is 0 Å². The highest BCUT2D eigenvalue weighted by Gasteiger charge is 2.49. The van der Waals surface area contributed by atoms with Crippen molar-refractivity contribution in [3.8, 4) is 22.3 Å². The van der Waals surface area contributed by atoms with Gasteiger partial charge in [-0.1, -0.05) is 325 Å². The number of anilines is 6. The van der Waals surface area contributed by atoms with E-state index >= 15 is 0 Å². The van der Waals surface area contributed by atoms with E-state index in [0.717, 1.165) is 90.8 Å². The summed E-state index contributed by atoms with van der Waals surface area (Å²) in [4.78, 5) is 4.82. The van der Waals surface area contributed by atoms with Crippen molar-refractivity contribution in [3.05, 3.63) is 419 Å². The number of benzene rings is 16. The maximum absolute atomic E-state index is 7.56. The molecule has 506 valence electrons. The number of rotatable bonds is 15. The van der Waals surface area contributed by atoms with Gasteiger partial charge in [-0.3, -0.25) is 0 Å². The fourth-order valence-electron chi connectivity index (χ4n) is 18.7. The second-order valence-corrected chi connectivity index (χ2v) is 29.9. The molecule has 0 unspecified atom stereocenters. The number of para-hydroxylation sites is 6. The molecule has 0 aliphatic heterocycles. The van der Waals surface area contributed by atoms with Gasteiger partial charge < -0.3 is 18.6 Å². The molecule has 0 fully saturated rings. The summed E-state index contributed by atoms with van der Waals surface area (Å²) in [7, 11) is 0. The fourth-order valence-corrected chi connectivity index (χ4v) is 18.7. The van der Waals surface area contributed by atoms with E-state index in [0.29, 0.717) is 5.92 Å². The molecule has 16 aromatic carbocycles. The lowest BCUT2D eigenvalue weighted by Gasteiger charge is -2.35. The molecular weight excluding hydrogens is 1290 g/mol. The van der Waals surface area contributed by atoms with Crippen molar-refractivity contribution in [3.63, 3.8) is 0 Å². The Bertz CT molecular complexity index is 6370. The molecule has 0 amide bonds. The van der Waals surface area contributed by atoms with Gasteiger partial charge >= 0.3 is 0 Å². The van der Waals surface area contributed by atoms with Gasteiger partial charge in [0.1, 0.15) is 11.2 Å². The van der Waals surface area contributed by atoms with Crippen molar-refractivity contribution < 1.29 is 8.83 Å². The van der Waals surface area contributed by atoms with Crippen molar-refractivity contribution in [1.82, 2.24) is 0 Å². The summed E-state index contributed by atoms with van der Waals surface area (Å²) in [5.41, 5.74) is 26.9. The van der Waals surface area contributed by atoms with Gasteiger partial charge in [0.05, 0.1) is 22.2 Å². The average molecular weight is 1360 g/mol. The first-order valence-electron chi connectivity index (χ1n) is 37.4. The molecule has 0 saturated carbocycles. The third kappa shape index (κ3) is 9.46. The minimum Gasteiger partial charge on any atom is -0.454 e. The first-order chi connectivity index (χ1) is 52.2. The van der Waals surface area contributed by atoms with Crippen LogP contribution in [0.5, 0.6) is 0 Å². The van der Waals surface area contributed by atoms with Crippen LogP contribution >= 0.6 is 0 Å². The summed E-state index contributed by atoms with van der Waals surface area (Å²) in [5.74, 6) is 0.299. The van der Waals surface area contributed by atoms with Gasteiger partial charge in [0, 0.05) is 49.9 Å². The van der Waals surface area contributed by atoms with E-state index in [1.807, 2.05) is 0 Å². The van der Waals surface area contributed by atoms with E-state index in [4.69, 9.17) is 8.83 Å². The molecule has 2 aliphatic carbocycles. The summed E-state index contributed by atoms with van der Waals surface area (Å²) < 4.78 is 14.7.